The van der Waals surface area contributed by atoms with Crippen LogP contribution < -0.4 is 0 Å². The third kappa shape index (κ3) is 16.7. The number of carboxylic acids is 1. The number of aliphatic hydroxyl groups is 2. The van der Waals surface area contributed by atoms with Crippen molar-refractivity contribution in [2.24, 2.45) is 0 Å². The second-order valence-corrected chi connectivity index (χ2v) is 5.72. The van der Waals surface area contributed by atoms with Gasteiger partial charge in [0.05, 0.1) is 12.2 Å². The molecule has 0 aromatic heterocycles. The molecular weight excluding hydrogens is 328 g/mol. The molecule has 0 aromatic rings. The molecule has 0 rings (SSSR count). The first-order valence-electron chi connectivity index (χ1n) is 9.10. The molecule has 3 N–H and O–H groups in total. The van der Waals surface area contributed by atoms with Crippen LogP contribution in [0.3, 0.4) is 0 Å². The highest BCUT2D eigenvalue weighted by atomic mass is 16.4. The molecule has 0 unspecified atom stereocenters. The summed E-state index contributed by atoms with van der Waals surface area (Å²) in [6.45, 7) is 2.08. The van der Waals surface area contributed by atoms with Crippen molar-refractivity contribution in [2.45, 2.75) is 57.7 Å². The van der Waals surface area contributed by atoms with Gasteiger partial charge in [0.2, 0.25) is 0 Å². The lowest BCUT2D eigenvalue weighted by Crippen LogP contribution is -2.22. The van der Waals surface area contributed by atoms with Crippen LogP contribution in [0.1, 0.15) is 45.4 Å². The zero-order valence-corrected chi connectivity index (χ0v) is 15.6. The van der Waals surface area contributed by atoms with Crippen molar-refractivity contribution in [1.29, 1.82) is 0 Å². The second kappa shape index (κ2) is 17.6. The van der Waals surface area contributed by atoms with Crippen LogP contribution in [0.5, 0.6) is 0 Å². The summed E-state index contributed by atoms with van der Waals surface area (Å²) in [7, 11) is 0. The average molecular weight is 360 g/mol. The van der Waals surface area contributed by atoms with E-state index in [1.807, 2.05) is 42.5 Å². The molecule has 0 amide bonds. The second-order valence-electron chi connectivity index (χ2n) is 5.72. The van der Waals surface area contributed by atoms with E-state index in [4.69, 9.17) is 5.11 Å². The van der Waals surface area contributed by atoms with Crippen molar-refractivity contribution in [2.75, 3.05) is 0 Å². The van der Waals surface area contributed by atoms with Gasteiger partial charge in [-0.15, -0.1) is 0 Å². The Morgan fingerprint density at radius 2 is 1.50 bits per heavy atom. The molecule has 4 heteroatoms. The van der Waals surface area contributed by atoms with Gasteiger partial charge in [0.15, 0.2) is 0 Å². The predicted molar refractivity (Wildman–Crippen MR) is 108 cm³/mol. The molecule has 0 aliphatic rings. The highest BCUT2D eigenvalue weighted by molar-refractivity contribution is 5.66. The molecule has 0 bridgehead atoms. The number of rotatable bonds is 14. The number of carbonyl (C=O) groups is 1. The molecule has 0 heterocycles. The normalized spacial score (nSPS) is 15.5. The third-order valence-electron chi connectivity index (χ3n) is 3.35. The number of hydrogen-bond donors (Lipinski definition) is 3. The Morgan fingerprint density at radius 3 is 2.23 bits per heavy atom. The molecule has 0 fully saturated rings. The van der Waals surface area contributed by atoms with Crippen molar-refractivity contribution in [1.82, 2.24) is 0 Å². The Bertz CT molecular complexity index is 524. The largest absolute Gasteiger partial charge is 0.481 e. The van der Waals surface area contributed by atoms with Crippen LogP contribution in [-0.4, -0.2) is 33.5 Å². The lowest BCUT2D eigenvalue weighted by molar-refractivity contribution is -0.136. The summed E-state index contributed by atoms with van der Waals surface area (Å²) in [5.74, 6) is -0.785. The SMILES string of the molecule is CCC=CCC=CC[C@H](O)[C@H](O)C=CC=CC=CCC=CCCC(=O)O. The molecule has 0 aliphatic heterocycles. The van der Waals surface area contributed by atoms with Crippen LogP contribution in [-0.2, 0) is 4.79 Å². The van der Waals surface area contributed by atoms with Crippen molar-refractivity contribution < 1.29 is 20.1 Å². The van der Waals surface area contributed by atoms with Gasteiger partial charge in [-0.25, -0.2) is 0 Å². The number of aliphatic carboxylic acids is 1. The van der Waals surface area contributed by atoms with Crippen molar-refractivity contribution in [3.63, 3.8) is 0 Å². The fraction of sp³-hybridized carbons (Fsp3) is 0.409. The van der Waals surface area contributed by atoms with E-state index in [9.17, 15) is 15.0 Å². The molecule has 4 nitrogen and oxygen atoms in total. The molecule has 0 spiro atoms. The first-order valence-corrected chi connectivity index (χ1v) is 9.10. The number of hydrogen-bond acceptors (Lipinski definition) is 3. The van der Waals surface area contributed by atoms with E-state index >= 15 is 0 Å². The van der Waals surface area contributed by atoms with Gasteiger partial charge < -0.3 is 15.3 Å². The van der Waals surface area contributed by atoms with Crippen LogP contribution in [0.2, 0.25) is 0 Å². The minimum absolute atomic E-state index is 0.158. The predicted octanol–water partition coefficient (Wildman–Crippen LogP) is 4.49. The van der Waals surface area contributed by atoms with Gasteiger partial charge in [-0.1, -0.05) is 79.8 Å². The standard InChI is InChI=1S/C22H32O4/c1-2-3-4-5-11-14-17-20(23)21(24)18-15-12-9-7-6-8-10-13-16-19-22(25)26/h3-4,6-7,9-15,18,20-21,23-24H,2,5,8,16-17,19H2,1H3,(H,25,26)/t20-,21+/m0/s1. The maximum atomic E-state index is 10.3. The van der Waals surface area contributed by atoms with Gasteiger partial charge >= 0.3 is 5.97 Å². The van der Waals surface area contributed by atoms with Crippen molar-refractivity contribution >= 4 is 5.97 Å². The van der Waals surface area contributed by atoms with E-state index in [0.29, 0.717) is 12.8 Å². The van der Waals surface area contributed by atoms with Gasteiger partial charge in [-0.3, -0.25) is 4.79 Å². The Morgan fingerprint density at radius 1 is 0.846 bits per heavy atom. The molecular formula is C22H32O4. The van der Waals surface area contributed by atoms with E-state index in [-0.39, 0.29) is 6.42 Å². The lowest BCUT2D eigenvalue weighted by atomic mass is 10.1. The summed E-state index contributed by atoms with van der Waals surface area (Å²) in [6.07, 6.45) is 24.5. The lowest BCUT2D eigenvalue weighted by Gasteiger charge is -2.11. The molecule has 26 heavy (non-hydrogen) atoms. The van der Waals surface area contributed by atoms with Crippen LogP contribution in [0, 0.1) is 0 Å². The van der Waals surface area contributed by atoms with Gasteiger partial charge in [-0.2, -0.15) is 0 Å². The molecule has 0 radical (unpaired) electrons. The number of aliphatic hydroxyl groups excluding tert-OH is 2. The monoisotopic (exact) mass is 360 g/mol. The maximum absolute atomic E-state index is 10.3. The minimum atomic E-state index is -0.892. The maximum Gasteiger partial charge on any atom is 0.303 e. The van der Waals surface area contributed by atoms with Crippen molar-refractivity contribution in [3.05, 3.63) is 72.9 Å². The van der Waals surface area contributed by atoms with Gasteiger partial charge in [0.1, 0.15) is 0 Å². The molecule has 0 saturated heterocycles. The van der Waals surface area contributed by atoms with E-state index < -0.39 is 18.2 Å². The molecule has 0 aromatic carbocycles. The van der Waals surface area contributed by atoms with Crippen LogP contribution in [0.25, 0.3) is 0 Å². The van der Waals surface area contributed by atoms with Gasteiger partial charge in [0, 0.05) is 6.42 Å². The molecule has 0 saturated carbocycles. The van der Waals surface area contributed by atoms with Crippen molar-refractivity contribution in [3.8, 4) is 0 Å². The Hall–Kier alpha value is -2.17. The average Bonchev–Trinajstić information content (AvgIpc) is 2.61. The Balaban J connectivity index is 3.92. The number of carboxylic acid groups (broad SMARTS) is 1. The zero-order valence-electron chi connectivity index (χ0n) is 15.6. The first-order chi connectivity index (χ1) is 12.6. The topological polar surface area (TPSA) is 77.8 Å². The highest BCUT2D eigenvalue weighted by Crippen LogP contribution is 2.03. The minimum Gasteiger partial charge on any atom is -0.481 e. The van der Waals surface area contributed by atoms with Crippen LogP contribution in [0.4, 0.5) is 0 Å². The van der Waals surface area contributed by atoms with E-state index in [0.717, 1.165) is 19.3 Å². The first kappa shape index (κ1) is 23.8. The van der Waals surface area contributed by atoms with Gasteiger partial charge in [-0.05, 0) is 32.1 Å². The summed E-state index contributed by atoms with van der Waals surface area (Å²) >= 11 is 0. The van der Waals surface area contributed by atoms with Crippen LogP contribution >= 0.6 is 0 Å². The van der Waals surface area contributed by atoms with E-state index in [1.165, 1.54) is 0 Å². The summed E-state index contributed by atoms with van der Waals surface area (Å²) in [5.41, 5.74) is 0. The Labute approximate surface area is 157 Å². The fourth-order valence-corrected chi connectivity index (χ4v) is 1.90. The fourth-order valence-electron chi connectivity index (χ4n) is 1.90. The summed E-state index contributed by atoms with van der Waals surface area (Å²) in [6, 6.07) is 0. The number of allylic oxidation sites excluding steroid dienone is 10. The van der Waals surface area contributed by atoms with Gasteiger partial charge in [0.25, 0.3) is 0 Å². The molecule has 144 valence electrons. The highest BCUT2D eigenvalue weighted by Gasteiger charge is 2.10. The van der Waals surface area contributed by atoms with Crippen LogP contribution in [0.15, 0.2) is 72.9 Å². The summed E-state index contributed by atoms with van der Waals surface area (Å²) in [5, 5.41) is 28.2. The Kier molecular flexibility index (Phi) is 16.2. The zero-order chi connectivity index (χ0) is 19.5. The summed E-state index contributed by atoms with van der Waals surface area (Å²) < 4.78 is 0. The van der Waals surface area contributed by atoms with E-state index in [1.54, 1.807) is 18.2 Å². The smallest absolute Gasteiger partial charge is 0.303 e. The third-order valence-corrected chi connectivity index (χ3v) is 3.35. The molecule has 0 aliphatic carbocycles. The summed E-state index contributed by atoms with van der Waals surface area (Å²) in [4.78, 5) is 10.3. The quantitative estimate of drug-likeness (QED) is 0.315. The van der Waals surface area contributed by atoms with E-state index in [2.05, 4.69) is 19.1 Å². The molecule has 2 atom stereocenters.